The molecular formula is C13H12N2O4. The van der Waals surface area contributed by atoms with Gasteiger partial charge in [-0.05, 0) is 12.1 Å². The number of nitro benzene ring substituents is 1. The summed E-state index contributed by atoms with van der Waals surface area (Å²) >= 11 is 0. The van der Waals surface area contributed by atoms with Crippen molar-refractivity contribution in [1.82, 2.24) is 0 Å². The number of nitrogens with zero attached hydrogens (tertiary/aromatic N) is 1. The molecule has 0 amide bonds. The first kappa shape index (κ1) is 12.7. The predicted molar refractivity (Wildman–Crippen MR) is 70.6 cm³/mol. The van der Waals surface area contributed by atoms with Crippen LogP contribution in [-0.4, -0.2) is 12.0 Å². The highest BCUT2D eigenvalue weighted by molar-refractivity contribution is 5.55. The molecule has 6 heteroatoms. The molecule has 0 saturated heterocycles. The van der Waals surface area contributed by atoms with Crippen LogP contribution in [0.2, 0.25) is 0 Å². The molecule has 0 radical (unpaired) electrons. The lowest BCUT2D eigenvalue weighted by molar-refractivity contribution is -0.385. The van der Waals surface area contributed by atoms with Gasteiger partial charge in [-0.25, -0.2) is 0 Å². The van der Waals surface area contributed by atoms with Gasteiger partial charge in [0.05, 0.1) is 29.9 Å². The van der Waals surface area contributed by atoms with Gasteiger partial charge in [0.25, 0.3) is 5.69 Å². The average Bonchev–Trinajstić information content (AvgIpc) is 2.41. The minimum atomic E-state index is -0.510. The fourth-order valence-electron chi connectivity index (χ4n) is 1.54. The lowest BCUT2D eigenvalue weighted by atomic mass is 10.2. The summed E-state index contributed by atoms with van der Waals surface area (Å²) in [6.07, 6.45) is 0. The molecule has 2 N–H and O–H groups in total. The number of non-ortho nitro benzene ring substituents is 1. The van der Waals surface area contributed by atoms with Crippen molar-refractivity contribution in [3.05, 3.63) is 52.6 Å². The van der Waals surface area contributed by atoms with Crippen LogP contribution in [-0.2, 0) is 0 Å². The van der Waals surface area contributed by atoms with Crippen LogP contribution in [0.3, 0.4) is 0 Å². The monoisotopic (exact) mass is 260 g/mol. The van der Waals surface area contributed by atoms with E-state index in [0.717, 1.165) is 0 Å². The molecule has 0 atom stereocenters. The van der Waals surface area contributed by atoms with E-state index in [9.17, 15) is 10.1 Å². The lowest BCUT2D eigenvalue weighted by Gasteiger charge is -2.09. The van der Waals surface area contributed by atoms with Gasteiger partial charge < -0.3 is 15.2 Å². The van der Waals surface area contributed by atoms with Crippen LogP contribution < -0.4 is 15.2 Å². The quantitative estimate of drug-likeness (QED) is 0.518. The second-order valence-corrected chi connectivity index (χ2v) is 3.76. The molecule has 0 aliphatic rings. The van der Waals surface area contributed by atoms with E-state index in [1.54, 1.807) is 30.3 Å². The van der Waals surface area contributed by atoms with Crippen molar-refractivity contribution in [2.75, 3.05) is 12.8 Å². The predicted octanol–water partition coefficient (Wildman–Crippen LogP) is 2.98. The zero-order valence-corrected chi connectivity index (χ0v) is 10.2. The fourth-order valence-corrected chi connectivity index (χ4v) is 1.54. The summed E-state index contributed by atoms with van der Waals surface area (Å²) in [7, 11) is 1.43. The Morgan fingerprint density at radius 1 is 1.16 bits per heavy atom. The van der Waals surface area contributed by atoms with E-state index >= 15 is 0 Å². The van der Waals surface area contributed by atoms with Crippen LogP contribution in [0.1, 0.15) is 0 Å². The molecule has 0 saturated carbocycles. The molecule has 0 heterocycles. The van der Waals surface area contributed by atoms with Gasteiger partial charge in [0.2, 0.25) is 0 Å². The highest BCUT2D eigenvalue weighted by atomic mass is 16.6. The second kappa shape index (κ2) is 5.26. The molecule has 6 nitrogen and oxygen atoms in total. The van der Waals surface area contributed by atoms with Crippen molar-refractivity contribution in [1.29, 1.82) is 0 Å². The van der Waals surface area contributed by atoms with Crippen molar-refractivity contribution >= 4 is 11.4 Å². The van der Waals surface area contributed by atoms with E-state index in [0.29, 0.717) is 22.9 Å². The molecular weight excluding hydrogens is 248 g/mol. The Hall–Kier alpha value is -2.76. The molecule has 2 aromatic rings. The van der Waals surface area contributed by atoms with Gasteiger partial charge in [-0.15, -0.1) is 0 Å². The van der Waals surface area contributed by atoms with E-state index in [1.165, 1.54) is 19.2 Å². The number of methoxy groups -OCH3 is 1. The molecule has 0 spiro atoms. The van der Waals surface area contributed by atoms with E-state index in [4.69, 9.17) is 15.2 Å². The zero-order valence-electron chi connectivity index (χ0n) is 10.2. The number of nitro groups is 1. The first-order valence-electron chi connectivity index (χ1n) is 5.46. The summed E-state index contributed by atoms with van der Waals surface area (Å²) < 4.78 is 10.5. The van der Waals surface area contributed by atoms with Gasteiger partial charge in [0.15, 0.2) is 0 Å². The van der Waals surface area contributed by atoms with Gasteiger partial charge in [-0.2, -0.15) is 0 Å². The number of rotatable bonds is 4. The minimum Gasteiger partial charge on any atom is -0.496 e. The number of nitrogens with two attached hydrogens (primary N) is 1. The Morgan fingerprint density at radius 2 is 1.84 bits per heavy atom. The third kappa shape index (κ3) is 2.92. The third-order valence-electron chi connectivity index (χ3n) is 2.46. The summed E-state index contributed by atoms with van der Waals surface area (Å²) in [6.45, 7) is 0. The van der Waals surface area contributed by atoms with Gasteiger partial charge in [-0.3, -0.25) is 10.1 Å². The van der Waals surface area contributed by atoms with Crippen molar-refractivity contribution in [2.24, 2.45) is 0 Å². The van der Waals surface area contributed by atoms with Crippen LogP contribution in [0.5, 0.6) is 17.2 Å². The van der Waals surface area contributed by atoms with E-state index < -0.39 is 4.92 Å². The average molecular weight is 260 g/mol. The Labute approximate surface area is 109 Å². The summed E-state index contributed by atoms with van der Waals surface area (Å²) in [5, 5.41) is 10.8. The standard InChI is InChI=1S/C13H12N2O4/c1-18-10-6-9(15(16)17)7-11(8-10)19-13-5-3-2-4-12(13)14/h2-8H,14H2,1H3. The van der Waals surface area contributed by atoms with Crippen LogP contribution in [0.4, 0.5) is 11.4 Å². The topological polar surface area (TPSA) is 87.6 Å². The SMILES string of the molecule is COc1cc(Oc2ccccc2N)cc([N+](=O)[O-])c1. The molecule has 0 aromatic heterocycles. The molecule has 0 bridgehead atoms. The maximum atomic E-state index is 10.8. The number of benzene rings is 2. The number of anilines is 1. The highest BCUT2D eigenvalue weighted by Gasteiger charge is 2.12. The van der Waals surface area contributed by atoms with Crippen LogP contribution >= 0.6 is 0 Å². The maximum Gasteiger partial charge on any atom is 0.276 e. The fraction of sp³-hybridized carbons (Fsp3) is 0.0769. The highest BCUT2D eigenvalue weighted by Crippen LogP contribution is 2.32. The van der Waals surface area contributed by atoms with E-state index in [2.05, 4.69) is 0 Å². The lowest BCUT2D eigenvalue weighted by Crippen LogP contribution is -1.94. The van der Waals surface area contributed by atoms with Crippen molar-refractivity contribution in [3.63, 3.8) is 0 Å². The largest absolute Gasteiger partial charge is 0.496 e. The smallest absolute Gasteiger partial charge is 0.276 e. The van der Waals surface area contributed by atoms with Crippen LogP contribution in [0, 0.1) is 10.1 Å². The Bertz CT molecular complexity index is 613. The molecule has 98 valence electrons. The normalized spacial score (nSPS) is 9.95. The number of hydrogen-bond acceptors (Lipinski definition) is 5. The molecule has 0 aliphatic carbocycles. The number of para-hydroxylation sites is 2. The second-order valence-electron chi connectivity index (χ2n) is 3.76. The Morgan fingerprint density at radius 3 is 2.47 bits per heavy atom. The van der Waals surface area contributed by atoms with Gasteiger partial charge in [0.1, 0.15) is 17.2 Å². The maximum absolute atomic E-state index is 10.8. The first-order valence-corrected chi connectivity index (χ1v) is 5.46. The zero-order chi connectivity index (χ0) is 13.8. The Balaban J connectivity index is 2.37. The summed E-state index contributed by atoms with van der Waals surface area (Å²) in [5.74, 6) is 1.08. The van der Waals surface area contributed by atoms with Crippen molar-refractivity contribution < 1.29 is 14.4 Å². The van der Waals surface area contributed by atoms with Crippen LogP contribution in [0.15, 0.2) is 42.5 Å². The summed E-state index contributed by atoms with van der Waals surface area (Å²) in [5.41, 5.74) is 6.09. The number of hydrogen-bond donors (Lipinski definition) is 1. The number of ether oxygens (including phenoxy) is 2. The summed E-state index contributed by atoms with van der Waals surface area (Å²) in [6, 6.07) is 11.1. The van der Waals surface area contributed by atoms with E-state index in [1.807, 2.05) is 0 Å². The molecule has 2 rings (SSSR count). The van der Waals surface area contributed by atoms with Crippen LogP contribution in [0.25, 0.3) is 0 Å². The van der Waals surface area contributed by atoms with Gasteiger partial charge in [-0.1, -0.05) is 12.1 Å². The third-order valence-corrected chi connectivity index (χ3v) is 2.46. The van der Waals surface area contributed by atoms with Crippen molar-refractivity contribution in [2.45, 2.75) is 0 Å². The molecule has 2 aromatic carbocycles. The molecule has 0 aliphatic heterocycles. The number of nitrogen functional groups attached to an aromatic ring is 1. The molecule has 0 fully saturated rings. The Kier molecular flexibility index (Phi) is 3.51. The summed E-state index contributed by atoms with van der Waals surface area (Å²) in [4.78, 5) is 10.3. The minimum absolute atomic E-state index is 0.108. The van der Waals surface area contributed by atoms with Gasteiger partial charge >= 0.3 is 0 Å². The molecule has 0 unspecified atom stereocenters. The molecule has 19 heavy (non-hydrogen) atoms. The van der Waals surface area contributed by atoms with E-state index in [-0.39, 0.29) is 5.69 Å². The first-order chi connectivity index (χ1) is 9.10. The van der Waals surface area contributed by atoms with Crippen molar-refractivity contribution in [3.8, 4) is 17.2 Å². The van der Waals surface area contributed by atoms with Gasteiger partial charge in [0, 0.05) is 6.07 Å².